The third-order valence-electron chi connectivity index (χ3n) is 5.18. The van der Waals surface area contributed by atoms with Crippen molar-refractivity contribution < 1.29 is 14.3 Å². The van der Waals surface area contributed by atoms with Gasteiger partial charge in [0, 0.05) is 38.8 Å². The molecule has 0 aromatic heterocycles. The number of hydrogen-bond donors (Lipinski definition) is 2. The van der Waals surface area contributed by atoms with Crippen LogP contribution in [0.1, 0.15) is 31.7 Å². The number of para-hydroxylation sites is 1. The molecule has 148 valence electrons. The number of carbonyl (C=O) groups excluding carboxylic acids is 2. The monoisotopic (exact) mass is 374 g/mol. The van der Waals surface area contributed by atoms with E-state index in [0.717, 1.165) is 30.9 Å². The van der Waals surface area contributed by atoms with E-state index in [1.54, 1.807) is 11.8 Å². The van der Waals surface area contributed by atoms with E-state index in [4.69, 9.17) is 4.74 Å². The summed E-state index contributed by atoms with van der Waals surface area (Å²) in [4.78, 5) is 28.0. The fourth-order valence-corrected chi connectivity index (χ4v) is 3.64. The molecule has 7 heteroatoms. The van der Waals surface area contributed by atoms with Crippen molar-refractivity contribution in [1.29, 1.82) is 0 Å². The number of morpholine rings is 1. The first-order valence-corrected chi connectivity index (χ1v) is 9.84. The number of anilines is 1. The highest BCUT2D eigenvalue weighted by molar-refractivity contribution is 5.90. The maximum Gasteiger partial charge on any atom is 0.319 e. The van der Waals surface area contributed by atoms with E-state index in [0.29, 0.717) is 26.2 Å². The molecule has 1 aromatic carbocycles. The zero-order valence-corrected chi connectivity index (χ0v) is 16.1. The zero-order valence-electron chi connectivity index (χ0n) is 16.1. The van der Waals surface area contributed by atoms with Crippen LogP contribution in [0.4, 0.5) is 10.5 Å². The summed E-state index contributed by atoms with van der Waals surface area (Å²) < 4.78 is 5.64. The fraction of sp³-hybridized carbons (Fsp3) is 0.600. The topological polar surface area (TPSA) is 73.9 Å². The Morgan fingerprint density at radius 2 is 1.93 bits per heavy atom. The van der Waals surface area contributed by atoms with Crippen molar-refractivity contribution in [3.05, 3.63) is 29.8 Å². The minimum absolute atomic E-state index is 0.0411. The predicted octanol–water partition coefficient (Wildman–Crippen LogP) is 2.04. The predicted molar refractivity (Wildman–Crippen MR) is 105 cm³/mol. The van der Waals surface area contributed by atoms with Crippen LogP contribution >= 0.6 is 0 Å². The molecule has 2 saturated heterocycles. The van der Waals surface area contributed by atoms with E-state index in [1.165, 1.54) is 19.3 Å². The third kappa shape index (κ3) is 5.94. The van der Waals surface area contributed by atoms with Gasteiger partial charge in [-0.1, -0.05) is 24.6 Å². The van der Waals surface area contributed by atoms with Gasteiger partial charge in [-0.3, -0.25) is 9.69 Å². The highest BCUT2D eigenvalue weighted by Gasteiger charge is 2.22. The lowest BCUT2D eigenvalue weighted by Crippen LogP contribution is -2.49. The van der Waals surface area contributed by atoms with Gasteiger partial charge in [0.15, 0.2) is 0 Å². The average molecular weight is 374 g/mol. The second-order valence-corrected chi connectivity index (χ2v) is 7.29. The van der Waals surface area contributed by atoms with Gasteiger partial charge < -0.3 is 20.3 Å². The van der Waals surface area contributed by atoms with E-state index in [9.17, 15) is 9.59 Å². The summed E-state index contributed by atoms with van der Waals surface area (Å²) in [5, 5.41) is 5.83. The van der Waals surface area contributed by atoms with Crippen LogP contribution in [-0.2, 0) is 16.1 Å². The van der Waals surface area contributed by atoms with Crippen molar-refractivity contribution >= 4 is 17.6 Å². The maximum absolute atomic E-state index is 12.3. The Hall–Kier alpha value is -2.12. The number of nitrogens with one attached hydrogen (secondary N) is 2. The van der Waals surface area contributed by atoms with E-state index < -0.39 is 0 Å². The molecule has 2 aliphatic rings. The molecule has 0 aliphatic carbocycles. The number of hydrogen-bond acceptors (Lipinski definition) is 4. The smallest absolute Gasteiger partial charge is 0.319 e. The number of nitrogens with zero attached hydrogens (tertiary/aromatic N) is 2. The van der Waals surface area contributed by atoms with Crippen LogP contribution in [0.25, 0.3) is 0 Å². The summed E-state index contributed by atoms with van der Waals surface area (Å²) in [7, 11) is 0. The number of carbonyl (C=O) groups is 2. The Balaban J connectivity index is 1.49. The lowest BCUT2D eigenvalue weighted by Gasteiger charge is -2.32. The fourth-order valence-electron chi connectivity index (χ4n) is 3.64. The van der Waals surface area contributed by atoms with Crippen LogP contribution in [0.3, 0.4) is 0 Å². The maximum atomic E-state index is 12.3. The zero-order chi connectivity index (χ0) is 19.1. The molecule has 0 bridgehead atoms. The first kappa shape index (κ1) is 19.6. The summed E-state index contributed by atoms with van der Waals surface area (Å²) in [5.41, 5.74) is 1.97. The minimum Gasteiger partial charge on any atom is -0.373 e. The highest BCUT2D eigenvalue weighted by Crippen LogP contribution is 2.19. The molecule has 0 spiro atoms. The van der Waals surface area contributed by atoms with Crippen molar-refractivity contribution in [2.75, 3.05) is 44.6 Å². The van der Waals surface area contributed by atoms with Crippen molar-refractivity contribution in [1.82, 2.24) is 15.1 Å². The van der Waals surface area contributed by atoms with Crippen LogP contribution in [0.2, 0.25) is 0 Å². The van der Waals surface area contributed by atoms with Gasteiger partial charge in [-0.2, -0.15) is 0 Å². The molecule has 1 aromatic rings. The number of benzene rings is 1. The summed E-state index contributed by atoms with van der Waals surface area (Å²) in [6.45, 7) is 6.66. The van der Waals surface area contributed by atoms with Crippen LogP contribution in [0, 0.1) is 0 Å². The number of likely N-dealkylation sites (tertiary alicyclic amines) is 1. The molecule has 1 atom stereocenters. The molecule has 3 rings (SSSR count). The number of piperidine rings is 1. The van der Waals surface area contributed by atoms with E-state index in [1.807, 2.05) is 18.2 Å². The molecular weight excluding hydrogens is 344 g/mol. The molecule has 2 N–H and O–H groups in total. The number of ether oxygens (including phenoxy) is 1. The minimum atomic E-state index is -0.246. The van der Waals surface area contributed by atoms with E-state index >= 15 is 0 Å². The SMILES string of the molecule is CC(=O)N1CCOC(CNC(=O)Nc2ccccc2CN2CCCCC2)C1. The van der Waals surface area contributed by atoms with Gasteiger partial charge in [-0.15, -0.1) is 0 Å². The quantitative estimate of drug-likeness (QED) is 0.827. The van der Waals surface area contributed by atoms with Crippen LogP contribution in [0.15, 0.2) is 24.3 Å². The summed E-state index contributed by atoms with van der Waals surface area (Å²) in [5.74, 6) is 0.0411. The van der Waals surface area contributed by atoms with Crippen LogP contribution < -0.4 is 10.6 Å². The third-order valence-corrected chi connectivity index (χ3v) is 5.18. The molecule has 7 nitrogen and oxygen atoms in total. The molecule has 0 radical (unpaired) electrons. The molecular formula is C20H30N4O3. The second kappa shape index (κ2) is 9.71. The van der Waals surface area contributed by atoms with Crippen LogP contribution in [0.5, 0.6) is 0 Å². The van der Waals surface area contributed by atoms with Gasteiger partial charge in [-0.05, 0) is 37.6 Å². The van der Waals surface area contributed by atoms with Gasteiger partial charge in [0.25, 0.3) is 0 Å². The Labute approximate surface area is 161 Å². The average Bonchev–Trinajstić information content (AvgIpc) is 2.69. The molecule has 0 saturated carbocycles. The number of rotatable bonds is 5. The summed E-state index contributed by atoms with van der Waals surface area (Å²) in [6, 6.07) is 7.70. The molecule has 3 amide bonds. The first-order valence-electron chi connectivity index (χ1n) is 9.84. The number of urea groups is 1. The van der Waals surface area contributed by atoms with Gasteiger partial charge >= 0.3 is 6.03 Å². The second-order valence-electron chi connectivity index (χ2n) is 7.29. The highest BCUT2D eigenvalue weighted by atomic mass is 16.5. The van der Waals surface area contributed by atoms with Crippen molar-refractivity contribution in [3.63, 3.8) is 0 Å². The van der Waals surface area contributed by atoms with Crippen molar-refractivity contribution in [3.8, 4) is 0 Å². The first-order chi connectivity index (χ1) is 13.1. The van der Waals surface area contributed by atoms with Gasteiger partial charge in [0.05, 0.1) is 12.7 Å². The van der Waals surface area contributed by atoms with Gasteiger partial charge in [0.2, 0.25) is 5.91 Å². The van der Waals surface area contributed by atoms with Crippen molar-refractivity contribution in [2.45, 2.75) is 38.8 Å². The molecule has 1 unspecified atom stereocenters. The van der Waals surface area contributed by atoms with Gasteiger partial charge in [0.1, 0.15) is 0 Å². The Kier molecular flexibility index (Phi) is 7.06. The van der Waals surface area contributed by atoms with E-state index in [2.05, 4.69) is 21.6 Å². The molecule has 2 aliphatic heterocycles. The largest absolute Gasteiger partial charge is 0.373 e. The Morgan fingerprint density at radius 1 is 1.15 bits per heavy atom. The lowest BCUT2D eigenvalue weighted by atomic mass is 10.1. The van der Waals surface area contributed by atoms with Crippen molar-refractivity contribution in [2.24, 2.45) is 0 Å². The number of amides is 3. The molecule has 2 fully saturated rings. The Bertz CT molecular complexity index is 646. The standard InChI is InChI=1S/C20H30N4O3/c1-16(25)24-11-12-27-18(15-24)13-21-20(26)22-19-8-4-3-7-17(19)14-23-9-5-2-6-10-23/h3-4,7-8,18H,2,5-6,9-15H2,1H3,(H2,21,22,26). The Morgan fingerprint density at radius 3 is 2.70 bits per heavy atom. The normalized spacial score (nSPS) is 20.9. The molecule has 27 heavy (non-hydrogen) atoms. The molecule has 2 heterocycles. The lowest BCUT2D eigenvalue weighted by molar-refractivity contribution is -0.136. The van der Waals surface area contributed by atoms with Crippen LogP contribution in [-0.4, -0.2) is 67.2 Å². The summed E-state index contributed by atoms with van der Waals surface area (Å²) >= 11 is 0. The van der Waals surface area contributed by atoms with E-state index in [-0.39, 0.29) is 18.0 Å². The summed E-state index contributed by atoms with van der Waals surface area (Å²) in [6.07, 6.45) is 3.63. The van der Waals surface area contributed by atoms with Gasteiger partial charge in [-0.25, -0.2) is 4.79 Å².